The van der Waals surface area contributed by atoms with E-state index in [1.165, 1.54) is 25.7 Å². The summed E-state index contributed by atoms with van der Waals surface area (Å²) in [6.07, 6.45) is 3.17. The molecule has 0 bridgehead atoms. The molecule has 0 spiro atoms. The molecule has 24 heavy (non-hydrogen) atoms. The number of rotatable bonds is 4. The second kappa shape index (κ2) is 7.29. The molecule has 2 heterocycles. The second-order valence-corrected chi connectivity index (χ2v) is 7.57. The number of piperazine rings is 1. The number of anilines is 1. The first-order chi connectivity index (χ1) is 11.4. The van der Waals surface area contributed by atoms with Gasteiger partial charge in [-0.1, -0.05) is 37.0 Å². The summed E-state index contributed by atoms with van der Waals surface area (Å²) in [5, 5.41) is 0.389. The third-order valence-electron chi connectivity index (χ3n) is 4.92. The van der Waals surface area contributed by atoms with Crippen LogP contribution in [0.25, 0.3) is 0 Å². The summed E-state index contributed by atoms with van der Waals surface area (Å²) in [4.78, 5) is 19.2. The Morgan fingerprint density at radius 3 is 2.46 bits per heavy atom. The zero-order valence-electron chi connectivity index (χ0n) is 13.5. The van der Waals surface area contributed by atoms with E-state index in [1.807, 2.05) is 9.80 Å². The third-order valence-corrected chi connectivity index (χ3v) is 6.02. The molecule has 0 radical (unpaired) electrons. The Hall–Kier alpha value is -1.31. The number of alkyl halides is 3. The lowest BCUT2D eigenvalue weighted by Crippen LogP contribution is -2.48. The van der Waals surface area contributed by atoms with E-state index in [0.29, 0.717) is 55.0 Å². The molecule has 1 aliphatic heterocycles. The van der Waals surface area contributed by atoms with Crippen LogP contribution in [-0.4, -0.2) is 42.0 Å². The number of aromatic nitrogens is 1. The van der Waals surface area contributed by atoms with Gasteiger partial charge >= 0.3 is 6.18 Å². The van der Waals surface area contributed by atoms with Crippen molar-refractivity contribution in [2.45, 2.75) is 44.7 Å². The molecule has 0 aromatic carbocycles. The summed E-state index contributed by atoms with van der Waals surface area (Å²) in [5.74, 6) is 0.878. The Kier molecular flexibility index (Phi) is 5.32. The number of halogens is 3. The Balaban J connectivity index is 1.46. The van der Waals surface area contributed by atoms with Crippen molar-refractivity contribution in [3.05, 3.63) is 11.1 Å². The molecule has 1 aliphatic carbocycles. The molecule has 1 aromatic rings. The number of hydrogen-bond donors (Lipinski definition) is 0. The Morgan fingerprint density at radius 2 is 1.88 bits per heavy atom. The normalized spacial score (nSPS) is 20.0. The van der Waals surface area contributed by atoms with Crippen LogP contribution in [0.2, 0.25) is 0 Å². The average molecular weight is 361 g/mol. The van der Waals surface area contributed by atoms with E-state index in [4.69, 9.17) is 0 Å². The van der Waals surface area contributed by atoms with Crippen LogP contribution in [0.3, 0.4) is 0 Å². The predicted molar refractivity (Wildman–Crippen MR) is 87.1 cm³/mol. The quantitative estimate of drug-likeness (QED) is 0.819. The lowest BCUT2D eigenvalue weighted by molar-refractivity contribution is -0.134. The summed E-state index contributed by atoms with van der Waals surface area (Å²) in [7, 11) is 0. The molecule has 0 atom stereocenters. The molecule has 4 nitrogen and oxygen atoms in total. The highest BCUT2D eigenvalue weighted by Gasteiger charge is 2.34. The van der Waals surface area contributed by atoms with Crippen LogP contribution in [0.4, 0.5) is 18.3 Å². The van der Waals surface area contributed by atoms with E-state index < -0.39 is 11.1 Å². The van der Waals surface area contributed by atoms with E-state index in [2.05, 4.69) is 4.98 Å². The molecule has 0 unspecified atom stereocenters. The fourth-order valence-corrected chi connectivity index (χ4v) is 4.31. The van der Waals surface area contributed by atoms with Gasteiger partial charge in [-0.25, -0.2) is 4.98 Å². The van der Waals surface area contributed by atoms with Crippen LogP contribution in [0.5, 0.6) is 0 Å². The minimum Gasteiger partial charge on any atom is -0.345 e. The molecular formula is C16H22F3N3OS. The molecule has 1 saturated heterocycles. The van der Waals surface area contributed by atoms with Gasteiger partial charge < -0.3 is 9.80 Å². The topological polar surface area (TPSA) is 36.4 Å². The van der Waals surface area contributed by atoms with Crippen molar-refractivity contribution in [2.24, 2.45) is 5.92 Å². The van der Waals surface area contributed by atoms with Crippen LogP contribution < -0.4 is 4.90 Å². The van der Waals surface area contributed by atoms with E-state index >= 15 is 0 Å². The molecular weight excluding hydrogens is 339 g/mol. The van der Waals surface area contributed by atoms with Crippen LogP contribution in [-0.2, 0) is 11.0 Å². The maximum Gasteiger partial charge on any atom is 0.427 e. The first kappa shape index (κ1) is 17.5. The van der Waals surface area contributed by atoms with Crippen LogP contribution in [0.15, 0.2) is 6.20 Å². The van der Waals surface area contributed by atoms with E-state index in [9.17, 15) is 18.0 Å². The summed E-state index contributed by atoms with van der Waals surface area (Å²) in [6, 6.07) is 0. The molecule has 1 amide bonds. The predicted octanol–water partition coefficient (Wildman–Crippen LogP) is 3.78. The SMILES string of the molecule is O=C(CCC1CCCC1)N1CCN(c2ncc(C(F)(F)F)s2)CC1. The smallest absolute Gasteiger partial charge is 0.345 e. The van der Waals surface area contributed by atoms with Crippen LogP contribution in [0.1, 0.15) is 43.4 Å². The van der Waals surface area contributed by atoms with Gasteiger partial charge in [-0.05, 0) is 12.3 Å². The van der Waals surface area contributed by atoms with E-state index in [0.717, 1.165) is 12.6 Å². The Morgan fingerprint density at radius 1 is 1.21 bits per heavy atom. The number of carbonyl (C=O) groups is 1. The van der Waals surface area contributed by atoms with Crippen molar-refractivity contribution in [1.29, 1.82) is 0 Å². The molecule has 8 heteroatoms. The van der Waals surface area contributed by atoms with Gasteiger partial charge in [0.05, 0.1) is 6.20 Å². The molecule has 0 N–H and O–H groups in total. The first-order valence-corrected chi connectivity index (χ1v) is 9.31. The molecule has 3 rings (SSSR count). The minimum absolute atomic E-state index is 0.177. The van der Waals surface area contributed by atoms with Gasteiger partial charge in [0.15, 0.2) is 5.13 Å². The standard InChI is InChI=1S/C16H22F3N3OS/c17-16(18,19)13-11-20-15(24-13)22-9-7-21(8-10-22)14(23)6-5-12-3-1-2-4-12/h11-12H,1-10H2. The van der Waals surface area contributed by atoms with Crippen LogP contribution in [0, 0.1) is 5.92 Å². The van der Waals surface area contributed by atoms with Gasteiger partial charge in [0.2, 0.25) is 5.91 Å². The minimum atomic E-state index is -4.34. The largest absolute Gasteiger partial charge is 0.427 e. The van der Waals surface area contributed by atoms with Gasteiger partial charge in [0, 0.05) is 32.6 Å². The molecule has 1 aromatic heterocycles. The maximum atomic E-state index is 12.6. The van der Waals surface area contributed by atoms with Gasteiger partial charge in [-0.2, -0.15) is 13.2 Å². The summed E-state index contributed by atoms with van der Waals surface area (Å²) in [6.45, 7) is 2.20. The lowest BCUT2D eigenvalue weighted by Gasteiger charge is -2.34. The molecule has 2 fully saturated rings. The zero-order chi connectivity index (χ0) is 17.2. The summed E-state index contributed by atoms with van der Waals surface area (Å²) in [5.41, 5.74) is 0. The molecule has 1 saturated carbocycles. The average Bonchev–Trinajstić information content (AvgIpc) is 3.23. The van der Waals surface area contributed by atoms with Crippen molar-refractivity contribution < 1.29 is 18.0 Å². The van der Waals surface area contributed by atoms with E-state index in [-0.39, 0.29) is 5.91 Å². The van der Waals surface area contributed by atoms with Crippen molar-refractivity contribution in [2.75, 3.05) is 31.1 Å². The fourth-order valence-electron chi connectivity index (χ4n) is 3.47. The highest BCUT2D eigenvalue weighted by molar-refractivity contribution is 7.15. The monoisotopic (exact) mass is 361 g/mol. The number of hydrogen-bond acceptors (Lipinski definition) is 4. The Bertz CT molecular complexity index is 561. The van der Waals surface area contributed by atoms with Crippen molar-refractivity contribution >= 4 is 22.4 Å². The third kappa shape index (κ3) is 4.20. The highest BCUT2D eigenvalue weighted by Crippen LogP contribution is 2.36. The van der Waals surface area contributed by atoms with Crippen LogP contribution >= 0.6 is 11.3 Å². The Labute approximate surface area is 143 Å². The number of carbonyl (C=O) groups excluding carboxylic acids is 1. The number of amides is 1. The first-order valence-electron chi connectivity index (χ1n) is 8.49. The summed E-state index contributed by atoms with van der Waals surface area (Å²) < 4.78 is 37.9. The zero-order valence-corrected chi connectivity index (χ0v) is 14.3. The van der Waals surface area contributed by atoms with Gasteiger partial charge in [-0.3, -0.25) is 4.79 Å². The lowest BCUT2D eigenvalue weighted by atomic mass is 10.0. The van der Waals surface area contributed by atoms with Gasteiger partial charge in [0.25, 0.3) is 0 Å². The number of thiazole rings is 1. The van der Waals surface area contributed by atoms with Gasteiger partial charge in [-0.15, -0.1) is 0 Å². The second-order valence-electron chi connectivity index (χ2n) is 6.56. The van der Waals surface area contributed by atoms with E-state index in [1.54, 1.807) is 0 Å². The van der Waals surface area contributed by atoms with Crippen molar-refractivity contribution in [3.8, 4) is 0 Å². The maximum absolute atomic E-state index is 12.6. The highest BCUT2D eigenvalue weighted by atomic mass is 32.1. The fraction of sp³-hybridized carbons (Fsp3) is 0.750. The summed E-state index contributed by atoms with van der Waals surface area (Å²) >= 11 is 0.669. The van der Waals surface area contributed by atoms with Crippen molar-refractivity contribution in [3.63, 3.8) is 0 Å². The number of nitrogens with zero attached hydrogens (tertiary/aromatic N) is 3. The molecule has 2 aliphatic rings. The molecule has 134 valence electrons. The van der Waals surface area contributed by atoms with Gasteiger partial charge in [0.1, 0.15) is 4.88 Å². The van der Waals surface area contributed by atoms with Crippen molar-refractivity contribution in [1.82, 2.24) is 9.88 Å².